The smallest absolute Gasteiger partial charge is 0.333 e. The van der Waals surface area contributed by atoms with E-state index >= 15 is 0 Å². The van der Waals surface area contributed by atoms with E-state index in [0.29, 0.717) is 0 Å². The van der Waals surface area contributed by atoms with Gasteiger partial charge in [-0.05, 0) is 27.7 Å². The van der Waals surface area contributed by atoms with Gasteiger partial charge >= 0.3 is 10.3 Å². The zero-order chi connectivity index (χ0) is 16.4. The van der Waals surface area contributed by atoms with Crippen molar-refractivity contribution in [2.75, 3.05) is 13.2 Å². The molecule has 0 aromatic heterocycles. The molecule has 1 unspecified atom stereocenters. The summed E-state index contributed by atoms with van der Waals surface area (Å²) in [4.78, 5) is 0. The fraction of sp³-hybridized carbons (Fsp3) is 1.00. The lowest BCUT2D eigenvalue weighted by atomic mass is 9.98. The maximum Gasteiger partial charge on any atom is 0.333 e. The third kappa shape index (κ3) is 3.02. The van der Waals surface area contributed by atoms with Crippen LogP contribution in [0.25, 0.3) is 0 Å². The Bertz CT molecular complexity index is 561. The molecule has 3 saturated heterocycles. The molecule has 0 aromatic rings. The largest absolute Gasteiger partial charge is 0.343 e. The summed E-state index contributed by atoms with van der Waals surface area (Å²) in [5.74, 6) is -3.19. The Morgan fingerprint density at radius 2 is 1.82 bits per heavy atom. The van der Waals surface area contributed by atoms with Crippen LogP contribution in [-0.4, -0.2) is 57.3 Å². The number of rotatable bonds is 3. The summed E-state index contributed by atoms with van der Waals surface area (Å²) in [5.41, 5.74) is 0. The molecule has 0 radical (unpaired) electrons. The fourth-order valence-corrected chi connectivity index (χ4v) is 3.44. The summed E-state index contributed by atoms with van der Waals surface area (Å²) in [6.07, 6.45) is -1.50. The molecule has 10 heteroatoms. The number of nitrogens with two attached hydrogens (primary N) is 1. The summed E-state index contributed by atoms with van der Waals surface area (Å²) in [6, 6.07) is 0. The van der Waals surface area contributed by atoms with Crippen LogP contribution in [0.5, 0.6) is 0 Å². The Morgan fingerprint density at radius 1 is 1.14 bits per heavy atom. The van der Waals surface area contributed by atoms with Crippen LogP contribution in [0.1, 0.15) is 27.7 Å². The number of fused-ring (bicyclic) bond motifs is 3. The lowest BCUT2D eigenvalue weighted by Gasteiger charge is -2.40. The Hall–Kier alpha value is -0.330. The maximum absolute atomic E-state index is 11.1. The normalized spacial score (nSPS) is 42.9. The highest BCUT2D eigenvalue weighted by Gasteiger charge is 2.65. The minimum Gasteiger partial charge on any atom is -0.343 e. The van der Waals surface area contributed by atoms with Gasteiger partial charge in [0, 0.05) is 0 Å². The van der Waals surface area contributed by atoms with Gasteiger partial charge in [-0.2, -0.15) is 8.42 Å². The molecule has 3 aliphatic rings. The van der Waals surface area contributed by atoms with Gasteiger partial charge < -0.3 is 23.7 Å². The van der Waals surface area contributed by atoms with Gasteiger partial charge in [-0.3, -0.25) is 4.18 Å². The van der Waals surface area contributed by atoms with E-state index in [1.165, 1.54) is 0 Å². The quantitative estimate of drug-likeness (QED) is 0.739. The lowest BCUT2D eigenvalue weighted by Crippen LogP contribution is -2.60. The van der Waals surface area contributed by atoms with Gasteiger partial charge in [0.2, 0.25) is 5.79 Å². The first kappa shape index (κ1) is 16.5. The zero-order valence-electron chi connectivity index (χ0n) is 12.9. The highest BCUT2D eigenvalue weighted by molar-refractivity contribution is 7.84. The Kier molecular flexibility index (Phi) is 3.63. The SMILES string of the molecule is CC1(C)O[C@H]2[C@H](COC3(COS(N)(=O)=O)OC(C)(C)O[C@@H]23)O1. The van der Waals surface area contributed by atoms with Gasteiger partial charge in [-0.15, -0.1) is 0 Å². The van der Waals surface area contributed by atoms with Crippen molar-refractivity contribution in [1.82, 2.24) is 0 Å². The van der Waals surface area contributed by atoms with Gasteiger partial charge in [0.05, 0.1) is 6.61 Å². The summed E-state index contributed by atoms with van der Waals surface area (Å²) in [6.45, 7) is 6.71. The summed E-state index contributed by atoms with van der Waals surface area (Å²) in [5, 5.41) is 4.89. The zero-order valence-corrected chi connectivity index (χ0v) is 13.7. The molecule has 0 amide bonds. The van der Waals surface area contributed by atoms with E-state index < -0.39 is 46.5 Å². The van der Waals surface area contributed by atoms with E-state index in [2.05, 4.69) is 0 Å². The fourth-order valence-electron chi connectivity index (χ4n) is 3.11. The highest BCUT2D eigenvalue weighted by Crippen LogP contribution is 2.47. The van der Waals surface area contributed by atoms with Crippen molar-refractivity contribution in [3.63, 3.8) is 0 Å². The second kappa shape index (κ2) is 4.84. The van der Waals surface area contributed by atoms with Crippen molar-refractivity contribution in [3.8, 4) is 0 Å². The molecule has 0 bridgehead atoms. The molecule has 4 atom stereocenters. The van der Waals surface area contributed by atoms with Crippen molar-refractivity contribution in [1.29, 1.82) is 0 Å². The van der Waals surface area contributed by atoms with E-state index in [-0.39, 0.29) is 12.7 Å². The predicted molar refractivity (Wildman–Crippen MR) is 71.6 cm³/mol. The molecule has 128 valence electrons. The monoisotopic (exact) mass is 339 g/mol. The first-order valence-electron chi connectivity index (χ1n) is 6.96. The van der Waals surface area contributed by atoms with Crippen LogP contribution < -0.4 is 5.14 Å². The molecule has 9 nitrogen and oxygen atoms in total. The first-order chi connectivity index (χ1) is 9.92. The topological polar surface area (TPSA) is 116 Å². The van der Waals surface area contributed by atoms with Crippen molar-refractivity contribution >= 4 is 10.3 Å². The minimum atomic E-state index is -4.14. The van der Waals surface area contributed by atoms with Gasteiger partial charge in [-0.25, -0.2) is 5.14 Å². The van der Waals surface area contributed by atoms with Crippen LogP contribution in [0.3, 0.4) is 0 Å². The van der Waals surface area contributed by atoms with Crippen molar-refractivity contribution < 1.29 is 36.3 Å². The van der Waals surface area contributed by atoms with Crippen LogP contribution >= 0.6 is 0 Å². The van der Waals surface area contributed by atoms with Crippen molar-refractivity contribution in [2.24, 2.45) is 5.14 Å². The first-order valence-corrected chi connectivity index (χ1v) is 8.43. The van der Waals surface area contributed by atoms with Gasteiger partial charge in [0.25, 0.3) is 0 Å². The third-order valence-electron chi connectivity index (χ3n) is 3.70. The number of hydrogen-bond acceptors (Lipinski definition) is 8. The average Bonchev–Trinajstić information content (AvgIpc) is 2.78. The van der Waals surface area contributed by atoms with Crippen LogP contribution in [0.2, 0.25) is 0 Å². The Balaban J connectivity index is 1.87. The van der Waals surface area contributed by atoms with Crippen LogP contribution in [0, 0.1) is 0 Å². The molecule has 2 N–H and O–H groups in total. The summed E-state index contributed by atoms with van der Waals surface area (Å²) < 4.78 is 55.9. The molecule has 22 heavy (non-hydrogen) atoms. The molecule has 3 rings (SSSR count). The molecule has 0 saturated carbocycles. The molecule has 0 aliphatic carbocycles. The summed E-state index contributed by atoms with van der Waals surface area (Å²) in [7, 11) is -4.14. The van der Waals surface area contributed by atoms with Crippen LogP contribution in [0.4, 0.5) is 0 Å². The average molecular weight is 339 g/mol. The Morgan fingerprint density at radius 3 is 2.45 bits per heavy atom. The summed E-state index contributed by atoms with van der Waals surface area (Å²) >= 11 is 0. The van der Waals surface area contributed by atoms with E-state index in [1.807, 2.05) is 0 Å². The van der Waals surface area contributed by atoms with Crippen LogP contribution in [-0.2, 0) is 38.2 Å². The Labute approximate surface area is 129 Å². The highest BCUT2D eigenvalue weighted by atomic mass is 32.2. The standard InChI is InChI=1S/C12H21NO8S/c1-10(2)18-7-5-16-12(6-17-22(13,14)15)9(8(7)19-10)20-11(3,4)21-12/h7-9H,5-6H2,1-4H3,(H2,13,14,15)/t7-,8-,9-,12?/m0/s1. The second-order valence-electron chi connectivity index (χ2n) is 6.56. The van der Waals surface area contributed by atoms with E-state index in [1.54, 1.807) is 27.7 Å². The molecule has 3 aliphatic heterocycles. The third-order valence-corrected chi connectivity index (χ3v) is 4.15. The van der Waals surface area contributed by atoms with Gasteiger partial charge in [0.15, 0.2) is 11.6 Å². The van der Waals surface area contributed by atoms with Gasteiger partial charge in [-0.1, -0.05) is 0 Å². The molecular formula is C12H21NO8S. The van der Waals surface area contributed by atoms with Crippen molar-refractivity contribution in [3.05, 3.63) is 0 Å². The predicted octanol–water partition coefficient (Wildman–Crippen LogP) is -0.395. The number of ether oxygens (including phenoxy) is 5. The number of hydrogen-bond donors (Lipinski definition) is 1. The van der Waals surface area contributed by atoms with Crippen LogP contribution in [0.15, 0.2) is 0 Å². The van der Waals surface area contributed by atoms with E-state index in [9.17, 15) is 8.42 Å². The minimum absolute atomic E-state index is 0.165. The van der Waals surface area contributed by atoms with Gasteiger partial charge in [0.1, 0.15) is 24.9 Å². The molecule has 3 heterocycles. The molecule has 3 fully saturated rings. The lowest BCUT2D eigenvalue weighted by molar-refractivity contribution is -0.290. The van der Waals surface area contributed by atoms with Crippen molar-refractivity contribution in [2.45, 2.75) is 63.4 Å². The molecular weight excluding hydrogens is 318 g/mol. The van der Waals surface area contributed by atoms with E-state index in [0.717, 1.165) is 0 Å². The molecule has 0 spiro atoms. The maximum atomic E-state index is 11.1. The second-order valence-corrected chi connectivity index (χ2v) is 7.78. The van der Waals surface area contributed by atoms with E-state index in [4.69, 9.17) is 33.0 Å². The molecule has 0 aromatic carbocycles.